The Morgan fingerprint density at radius 1 is 1.17 bits per heavy atom. The van der Waals surface area contributed by atoms with Crippen molar-refractivity contribution < 1.29 is 9.59 Å². The van der Waals surface area contributed by atoms with Crippen molar-refractivity contribution in [3.63, 3.8) is 0 Å². The lowest BCUT2D eigenvalue weighted by Gasteiger charge is -2.20. The van der Waals surface area contributed by atoms with Gasteiger partial charge in [-0.05, 0) is 57.7 Å². The van der Waals surface area contributed by atoms with Gasteiger partial charge in [-0.25, -0.2) is 4.79 Å². The number of hydrogen-bond acceptors (Lipinski definition) is 2. The van der Waals surface area contributed by atoms with Crippen molar-refractivity contribution in [3.05, 3.63) is 41.5 Å². The van der Waals surface area contributed by atoms with Gasteiger partial charge in [0.1, 0.15) is 0 Å². The zero-order chi connectivity index (χ0) is 17.5. The Morgan fingerprint density at radius 3 is 2.38 bits per heavy atom. The standard InChI is InChI=1S/C19H27N3O2/c1-4-22(5-2)19(24)21-17-12-10-15(11-13-17)14(3)20-18(23)16-8-6-7-9-16/h8,10-14H,4-7,9H2,1-3H3,(H,20,23)(H,21,24)/t14-/m0/s1. The fourth-order valence-corrected chi connectivity index (χ4v) is 2.82. The van der Waals surface area contributed by atoms with E-state index in [0.29, 0.717) is 13.1 Å². The molecule has 0 spiro atoms. The molecule has 3 amide bonds. The van der Waals surface area contributed by atoms with Gasteiger partial charge in [-0.15, -0.1) is 0 Å². The van der Waals surface area contributed by atoms with Crippen LogP contribution in [0.5, 0.6) is 0 Å². The molecular weight excluding hydrogens is 302 g/mol. The summed E-state index contributed by atoms with van der Waals surface area (Å²) in [4.78, 5) is 25.9. The maximum atomic E-state index is 12.1. The van der Waals surface area contributed by atoms with Gasteiger partial charge in [0.2, 0.25) is 5.91 Å². The van der Waals surface area contributed by atoms with Gasteiger partial charge in [-0.1, -0.05) is 18.2 Å². The van der Waals surface area contributed by atoms with Crippen LogP contribution in [0.2, 0.25) is 0 Å². The summed E-state index contributed by atoms with van der Waals surface area (Å²) in [5.41, 5.74) is 2.67. The maximum absolute atomic E-state index is 12.1. The summed E-state index contributed by atoms with van der Waals surface area (Å²) >= 11 is 0. The lowest BCUT2D eigenvalue weighted by Crippen LogP contribution is -2.34. The predicted molar refractivity (Wildman–Crippen MR) is 96.9 cm³/mol. The zero-order valence-electron chi connectivity index (χ0n) is 14.8. The molecule has 5 nitrogen and oxygen atoms in total. The zero-order valence-corrected chi connectivity index (χ0v) is 14.8. The van der Waals surface area contributed by atoms with Crippen molar-refractivity contribution in [1.82, 2.24) is 10.2 Å². The number of carbonyl (C=O) groups excluding carboxylic acids is 2. The van der Waals surface area contributed by atoms with Crippen molar-refractivity contribution >= 4 is 17.6 Å². The van der Waals surface area contributed by atoms with Crippen molar-refractivity contribution in [3.8, 4) is 0 Å². The maximum Gasteiger partial charge on any atom is 0.321 e. The largest absolute Gasteiger partial charge is 0.346 e. The van der Waals surface area contributed by atoms with E-state index in [9.17, 15) is 9.59 Å². The fraction of sp³-hybridized carbons (Fsp3) is 0.474. The van der Waals surface area contributed by atoms with Crippen LogP contribution < -0.4 is 10.6 Å². The lowest BCUT2D eigenvalue weighted by atomic mass is 10.1. The van der Waals surface area contributed by atoms with Crippen molar-refractivity contribution in [2.24, 2.45) is 0 Å². The number of anilines is 1. The summed E-state index contributed by atoms with van der Waals surface area (Å²) in [6.45, 7) is 7.24. The first-order valence-electron chi connectivity index (χ1n) is 8.71. The van der Waals surface area contributed by atoms with Crippen LogP contribution in [-0.4, -0.2) is 29.9 Å². The smallest absolute Gasteiger partial charge is 0.321 e. The van der Waals surface area contributed by atoms with Gasteiger partial charge in [-0.2, -0.15) is 0 Å². The minimum Gasteiger partial charge on any atom is -0.346 e. The third-order valence-corrected chi connectivity index (χ3v) is 4.39. The van der Waals surface area contributed by atoms with Gasteiger partial charge in [-0.3, -0.25) is 4.79 Å². The number of nitrogens with zero attached hydrogens (tertiary/aromatic N) is 1. The number of allylic oxidation sites excluding steroid dienone is 1. The normalized spacial score (nSPS) is 14.7. The second kappa shape index (κ2) is 8.52. The Bertz CT molecular complexity index is 604. The Hall–Kier alpha value is -2.30. The molecule has 0 heterocycles. The molecule has 0 unspecified atom stereocenters. The third kappa shape index (κ3) is 4.60. The number of carbonyl (C=O) groups is 2. The molecule has 0 radical (unpaired) electrons. The summed E-state index contributed by atoms with van der Waals surface area (Å²) in [6.07, 6.45) is 4.96. The summed E-state index contributed by atoms with van der Waals surface area (Å²) in [5, 5.41) is 5.92. The topological polar surface area (TPSA) is 61.4 Å². The second-order valence-corrected chi connectivity index (χ2v) is 6.04. The van der Waals surface area contributed by atoms with Crippen LogP contribution in [0.4, 0.5) is 10.5 Å². The van der Waals surface area contributed by atoms with E-state index >= 15 is 0 Å². The molecule has 1 aliphatic carbocycles. The Kier molecular flexibility index (Phi) is 6.41. The second-order valence-electron chi connectivity index (χ2n) is 6.04. The summed E-state index contributed by atoms with van der Waals surface area (Å²) in [6, 6.07) is 7.45. The first-order chi connectivity index (χ1) is 11.5. The van der Waals surface area contributed by atoms with E-state index < -0.39 is 0 Å². The van der Waals surface area contributed by atoms with E-state index in [1.54, 1.807) is 4.90 Å². The highest BCUT2D eigenvalue weighted by atomic mass is 16.2. The minimum absolute atomic E-state index is 0.0268. The van der Waals surface area contributed by atoms with Gasteiger partial charge in [0.25, 0.3) is 0 Å². The van der Waals surface area contributed by atoms with E-state index in [4.69, 9.17) is 0 Å². The number of hydrogen-bond donors (Lipinski definition) is 2. The van der Waals surface area contributed by atoms with Crippen molar-refractivity contribution in [2.45, 2.75) is 46.1 Å². The molecule has 2 rings (SSSR count). The fourth-order valence-electron chi connectivity index (χ4n) is 2.82. The number of nitrogens with one attached hydrogen (secondary N) is 2. The molecule has 0 aromatic heterocycles. The first-order valence-corrected chi connectivity index (χ1v) is 8.71. The molecule has 0 fully saturated rings. The van der Waals surface area contributed by atoms with Crippen molar-refractivity contribution in [1.29, 1.82) is 0 Å². The van der Waals surface area contributed by atoms with Gasteiger partial charge in [0.05, 0.1) is 6.04 Å². The predicted octanol–water partition coefficient (Wildman–Crippen LogP) is 3.85. The lowest BCUT2D eigenvalue weighted by molar-refractivity contribution is -0.118. The molecule has 0 saturated heterocycles. The number of rotatable bonds is 6. The molecule has 1 atom stereocenters. The molecule has 130 valence electrons. The molecule has 0 saturated carbocycles. The number of benzene rings is 1. The third-order valence-electron chi connectivity index (χ3n) is 4.39. The van der Waals surface area contributed by atoms with Crippen LogP contribution in [0.15, 0.2) is 35.9 Å². The molecular formula is C19H27N3O2. The summed E-state index contributed by atoms with van der Waals surface area (Å²) < 4.78 is 0. The van der Waals surface area contributed by atoms with E-state index in [1.165, 1.54) is 0 Å². The molecule has 1 aromatic carbocycles. The van der Waals surface area contributed by atoms with Gasteiger partial charge in [0.15, 0.2) is 0 Å². The van der Waals surface area contributed by atoms with Gasteiger partial charge in [0, 0.05) is 24.4 Å². The highest BCUT2D eigenvalue weighted by molar-refractivity contribution is 5.94. The molecule has 5 heteroatoms. The van der Waals surface area contributed by atoms with E-state index in [-0.39, 0.29) is 18.0 Å². The molecule has 24 heavy (non-hydrogen) atoms. The first kappa shape index (κ1) is 18.0. The van der Waals surface area contributed by atoms with Crippen LogP contribution >= 0.6 is 0 Å². The minimum atomic E-state index is -0.0951. The monoisotopic (exact) mass is 329 g/mol. The molecule has 0 aliphatic heterocycles. The average Bonchev–Trinajstić information content (AvgIpc) is 3.11. The van der Waals surface area contributed by atoms with E-state index in [0.717, 1.165) is 36.1 Å². The van der Waals surface area contributed by atoms with Gasteiger partial charge >= 0.3 is 6.03 Å². The Balaban J connectivity index is 1.93. The average molecular weight is 329 g/mol. The van der Waals surface area contributed by atoms with Crippen LogP contribution in [0, 0.1) is 0 Å². The number of amides is 3. The highest BCUT2D eigenvalue weighted by Gasteiger charge is 2.16. The van der Waals surface area contributed by atoms with E-state index in [2.05, 4.69) is 10.6 Å². The quantitative estimate of drug-likeness (QED) is 0.833. The van der Waals surface area contributed by atoms with Crippen LogP contribution in [-0.2, 0) is 4.79 Å². The SMILES string of the molecule is CCN(CC)C(=O)Nc1ccc([C@H](C)NC(=O)C2=CCCC2)cc1. The van der Waals surface area contributed by atoms with Crippen LogP contribution in [0.25, 0.3) is 0 Å². The molecule has 1 aliphatic rings. The van der Waals surface area contributed by atoms with E-state index in [1.807, 2.05) is 51.1 Å². The van der Waals surface area contributed by atoms with Crippen molar-refractivity contribution in [2.75, 3.05) is 18.4 Å². The van der Waals surface area contributed by atoms with Crippen LogP contribution in [0.1, 0.15) is 51.6 Å². The van der Waals surface area contributed by atoms with Gasteiger partial charge < -0.3 is 15.5 Å². The molecule has 2 N–H and O–H groups in total. The Labute approximate surface area is 144 Å². The highest BCUT2D eigenvalue weighted by Crippen LogP contribution is 2.20. The van der Waals surface area contributed by atoms with Crippen LogP contribution in [0.3, 0.4) is 0 Å². The summed E-state index contributed by atoms with van der Waals surface area (Å²) in [7, 11) is 0. The molecule has 1 aromatic rings. The molecule has 0 bridgehead atoms. The summed E-state index contributed by atoms with van der Waals surface area (Å²) in [5.74, 6) is 0.0268. The Morgan fingerprint density at radius 2 is 1.83 bits per heavy atom. The number of urea groups is 1.